The maximum atomic E-state index is 9.69. The van der Waals surface area contributed by atoms with E-state index in [1.807, 2.05) is 34.4 Å². The average molecular weight is 302 g/mol. The lowest BCUT2D eigenvalue weighted by Crippen LogP contribution is -2.46. The number of nitriles is 1. The minimum absolute atomic E-state index is 0.0744. The molecule has 1 atom stereocenters. The molecule has 0 saturated heterocycles. The van der Waals surface area contributed by atoms with Gasteiger partial charge in [0.25, 0.3) is 0 Å². The van der Waals surface area contributed by atoms with Crippen LogP contribution in [-0.2, 0) is 12.8 Å². The lowest BCUT2D eigenvalue weighted by atomic mass is 9.90. The van der Waals surface area contributed by atoms with E-state index in [1.165, 1.54) is 11.1 Å². The number of aromatic nitrogens is 1. The van der Waals surface area contributed by atoms with Crippen molar-refractivity contribution in [2.75, 3.05) is 28.2 Å². The van der Waals surface area contributed by atoms with Gasteiger partial charge in [0.1, 0.15) is 0 Å². The Kier molecular flexibility index (Phi) is 6.99. The summed E-state index contributed by atoms with van der Waals surface area (Å²) in [5.74, 6) is 0.347. The van der Waals surface area contributed by atoms with Crippen molar-refractivity contribution >= 4 is 0 Å². The van der Waals surface area contributed by atoms with E-state index in [-0.39, 0.29) is 12.1 Å². The van der Waals surface area contributed by atoms with Gasteiger partial charge in [-0.1, -0.05) is 20.8 Å². The summed E-state index contributed by atoms with van der Waals surface area (Å²) in [6, 6.07) is 4.70. The molecule has 0 amide bonds. The van der Waals surface area contributed by atoms with Crippen LogP contribution in [0.15, 0.2) is 12.3 Å². The summed E-state index contributed by atoms with van der Waals surface area (Å²) in [6.07, 6.45) is 3.78. The summed E-state index contributed by atoms with van der Waals surface area (Å²) in [5, 5.41) is 9.69. The van der Waals surface area contributed by atoms with Crippen molar-refractivity contribution in [2.45, 2.75) is 45.7 Å². The first-order valence-corrected chi connectivity index (χ1v) is 8.01. The van der Waals surface area contributed by atoms with Gasteiger partial charge in [-0.2, -0.15) is 5.26 Å². The first-order chi connectivity index (χ1) is 10.3. The van der Waals surface area contributed by atoms with E-state index in [1.54, 1.807) is 0 Å². The third kappa shape index (κ3) is 4.53. The molecule has 0 bridgehead atoms. The van der Waals surface area contributed by atoms with Gasteiger partial charge >= 0.3 is 0 Å². The summed E-state index contributed by atoms with van der Waals surface area (Å²) < 4.78 is 0. The molecule has 1 aromatic rings. The van der Waals surface area contributed by atoms with Gasteiger partial charge in [-0.3, -0.25) is 14.8 Å². The standard InChI is InChI=1S/C18H30N4/c1-8-16-10-14(17(12-20-16)13(2)3)9-15(11-19)18(21(4)5)22(6)7/h10,12-13,15,18H,8-9H2,1-7H3. The Morgan fingerprint density at radius 3 is 2.18 bits per heavy atom. The van der Waals surface area contributed by atoms with E-state index in [4.69, 9.17) is 0 Å². The molecule has 1 aromatic heterocycles. The molecule has 0 aliphatic heterocycles. The smallest absolute Gasteiger partial charge is 0.0792 e. The number of hydrogen-bond donors (Lipinski definition) is 0. The molecule has 22 heavy (non-hydrogen) atoms. The second-order valence-electron chi connectivity index (χ2n) is 6.66. The van der Waals surface area contributed by atoms with Gasteiger partial charge in [-0.15, -0.1) is 0 Å². The van der Waals surface area contributed by atoms with Crippen LogP contribution >= 0.6 is 0 Å². The highest BCUT2D eigenvalue weighted by Crippen LogP contribution is 2.25. The van der Waals surface area contributed by atoms with Gasteiger partial charge in [0.05, 0.1) is 18.2 Å². The predicted octanol–water partition coefficient (Wildman–Crippen LogP) is 2.90. The molecule has 0 fully saturated rings. The van der Waals surface area contributed by atoms with E-state index < -0.39 is 0 Å². The van der Waals surface area contributed by atoms with Crippen LogP contribution in [0.25, 0.3) is 0 Å². The molecular formula is C18H30N4. The summed E-state index contributed by atoms with van der Waals surface area (Å²) in [4.78, 5) is 8.76. The molecule has 0 aliphatic rings. The molecule has 1 unspecified atom stereocenters. The van der Waals surface area contributed by atoms with Crippen molar-refractivity contribution in [1.29, 1.82) is 5.26 Å². The predicted molar refractivity (Wildman–Crippen MR) is 91.7 cm³/mol. The van der Waals surface area contributed by atoms with E-state index in [2.05, 4.69) is 47.7 Å². The first-order valence-electron chi connectivity index (χ1n) is 8.01. The fourth-order valence-electron chi connectivity index (χ4n) is 3.08. The highest BCUT2D eigenvalue weighted by Gasteiger charge is 2.26. The molecule has 1 heterocycles. The van der Waals surface area contributed by atoms with Crippen LogP contribution in [0.4, 0.5) is 0 Å². The Bertz CT molecular complexity index is 506. The van der Waals surface area contributed by atoms with Crippen molar-refractivity contribution in [3.63, 3.8) is 0 Å². The minimum Gasteiger partial charge on any atom is -0.293 e. The van der Waals surface area contributed by atoms with E-state index in [9.17, 15) is 5.26 Å². The van der Waals surface area contributed by atoms with Crippen molar-refractivity contribution < 1.29 is 0 Å². The lowest BCUT2D eigenvalue weighted by Gasteiger charge is -2.34. The van der Waals surface area contributed by atoms with Crippen LogP contribution in [0.5, 0.6) is 0 Å². The zero-order valence-corrected chi connectivity index (χ0v) is 15.1. The van der Waals surface area contributed by atoms with Crippen LogP contribution in [0, 0.1) is 17.2 Å². The van der Waals surface area contributed by atoms with Crippen LogP contribution in [0.1, 0.15) is 43.5 Å². The number of nitrogens with zero attached hydrogens (tertiary/aromatic N) is 4. The van der Waals surface area contributed by atoms with Crippen LogP contribution < -0.4 is 0 Å². The quantitative estimate of drug-likeness (QED) is 0.726. The molecule has 0 radical (unpaired) electrons. The number of rotatable bonds is 7. The molecule has 1 rings (SSSR count). The van der Waals surface area contributed by atoms with Gasteiger partial charge < -0.3 is 0 Å². The van der Waals surface area contributed by atoms with Gasteiger partial charge in [-0.05, 0) is 64.1 Å². The molecule has 0 N–H and O–H groups in total. The molecular weight excluding hydrogens is 272 g/mol. The van der Waals surface area contributed by atoms with Gasteiger partial charge in [0.2, 0.25) is 0 Å². The highest BCUT2D eigenvalue weighted by molar-refractivity contribution is 5.30. The van der Waals surface area contributed by atoms with Gasteiger partial charge in [0, 0.05) is 11.9 Å². The zero-order chi connectivity index (χ0) is 16.9. The first kappa shape index (κ1) is 18.6. The summed E-state index contributed by atoms with van der Waals surface area (Å²) in [7, 11) is 8.12. The fraction of sp³-hybridized carbons (Fsp3) is 0.667. The van der Waals surface area contributed by atoms with Gasteiger partial charge in [-0.25, -0.2) is 0 Å². The zero-order valence-electron chi connectivity index (χ0n) is 15.1. The number of aryl methyl sites for hydroxylation is 1. The van der Waals surface area contributed by atoms with Crippen molar-refractivity contribution in [2.24, 2.45) is 5.92 Å². The third-order valence-electron chi connectivity index (χ3n) is 4.09. The molecule has 4 heteroatoms. The molecule has 0 aromatic carbocycles. The molecule has 0 saturated carbocycles. The van der Waals surface area contributed by atoms with E-state index >= 15 is 0 Å². The van der Waals surface area contributed by atoms with Crippen molar-refractivity contribution in [3.8, 4) is 6.07 Å². The molecule has 0 aliphatic carbocycles. The van der Waals surface area contributed by atoms with Crippen molar-refractivity contribution in [1.82, 2.24) is 14.8 Å². The molecule has 122 valence electrons. The maximum Gasteiger partial charge on any atom is 0.0792 e. The third-order valence-corrected chi connectivity index (χ3v) is 4.09. The topological polar surface area (TPSA) is 43.2 Å². The minimum atomic E-state index is -0.0744. The van der Waals surface area contributed by atoms with Gasteiger partial charge in [0.15, 0.2) is 0 Å². The van der Waals surface area contributed by atoms with E-state index in [0.717, 1.165) is 18.5 Å². The largest absolute Gasteiger partial charge is 0.293 e. The van der Waals surface area contributed by atoms with Crippen LogP contribution in [0.3, 0.4) is 0 Å². The Morgan fingerprint density at radius 1 is 1.18 bits per heavy atom. The molecule has 4 nitrogen and oxygen atoms in total. The summed E-state index contributed by atoms with van der Waals surface area (Å²) >= 11 is 0. The lowest BCUT2D eigenvalue weighted by molar-refractivity contribution is 0.0920. The number of pyridine rings is 1. The Balaban J connectivity index is 3.16. The summed E-state index contributed by atoms with van der Waals surface area (Å²) in [6.45, 7) is 6.48. The second kappa shape index (κ2) is 8.26. The number of hydrogen-bond acceptors (Lipinski definition) is 4. The molecule has 0 spiro atoms. The SMILES string of the molecule is CCc1cc(CC(C#N)C(N(C)C)N(C)C)c(C(C)C)cn1. The van der Waals surface area contributed by atoms with Crippen LogP contribution in [-0.4, -0.2) is 49.1 Å². The second-order valence-corrected chi connectivity index (χ2v) is 6.66. The fourth-order valence-corrected chi connectivity index (χ4v) is 3.08. The summed E-state index contributed by atoms with van der Waals surface area (Å²) in [5.41, 5.74) is 3.62. The Morgan fingerprint density at radius 2 is 1.77 bits per heavy atom. The highest BCUT2D eigenvalue weighted by atomic mass is 15.3. The Labute approximate surface area is 135 Å². The maximum absolute atomic E-state index is 9.69. The van der Waals surface area contributed by atoms with E-state index in [0.29, 0.717) is 5.92 Å². The average Bonchev–Trinajstić information content (AvgIpc) is 2.45. The van der Waals surface area contributed by atoms with Crippen molar-refractivity contribution in [3.05, 3.63) is 29.1 Å². The Hall–Kier alpha value is -1.44. The monoisotopic (exact) mass is 302 g/mol. The normalized spacial score (nSPS) is 13.2. The van der Waals surface area contributed by atoms with Crippen LogP contribution in [0.2, 0.25) is 0 Å².